The molecule has 346 valence electrons. The van der Waals surface area contributed by atoms with E-state index in [1.165, 1.54) is 25.3 Å². The normalized spacial score (nSPS) is 28.5. The Morgan fingerprint density at radius 2 is 1.66 bits per heavy atom. The Hall–Kier alpha value is -4.64. The van der Waals surface area contributed by atoms with Crippen molar-refractivity contribution in [2.45, 2.75) is 153 Å². The van der Waals surface area contributed by atoms with Crippen LogP contribution in [0.15, 0.2) is 79.0 Å². The first-order valence-corrected chi connectivity index (χ1v) is 24.4. The van der Waals surface area contributed by atoms with E-state index in [4.69, 9.17) is 5.73 Å². The summed E-state index contributed by atoms with van der Waals surface area (Å²) in [5.41, 5.74) is 11.2. The van der Waals surface area contributed by atoms with Crippen LogP contribution in [0.25, 0.3) is 11.3 Å². The van der Waals surface area contributed by atoms with E-state index in [9.17, 15) is 35.4 Å². The van der Waals surface area contributed by atoms with Crippen molar-refractivity contribution in [2.24, 2.45) is 35.5 Å². The van der Waals surface area contributed by atoms with Gasteiger partial charge >= 0.3 is 5.97 Å². The summed E-state index contributed by atoms with van der Waals surface area (Å²) in [6.07, 6.45) is 18.2. The lowest BCUT2D eigenvalue weighted by Gasteiger charge is -2.40. The molecule has 2 heterocycles. The minimum atomic E-state index is -1.16. The number of carboxylic acids is 1. The van der Waals surface area contributed by atoms with Crippen molar-refractivity contribution in [1.82, 2.24) is 9.97 Å². The molecule has 10 atom stereocenters. The topological polar surface area (TPSA) is 193 Å². The number of aryl methyl sites for hydroxylation is 1. The number of carboxylic acid groups (broad SMARTS) is 1. The van der Waals surface area contributed by atoms with E-state index in [-0.39, 0.29) is 60.0 Å². The Kier molecular flexibility index (Phi) is 15.9. The van der Waals surface area contributed by atoms with Gasteiger partial charge in [0.2, 0.25) is 0 Å². The third-order valence-electron chi connectivity index (χ3n) is 15.3. The molecule has 0 spiro atoms. The third-order valence-corrected chi connectivity index (χ3v) is 15.3. The van der Waals surface area contributed by atoms with E-state index >= 15 is 0 Å². The van der Waals surface area contributed by atoms with E-state index in [0.29, 0.717) is 62.2 Å². The predicted molar refractivity (Wildman–Crippen MR) is 253 cm³/mol. The van der Waals surface area contributed by atoms with Gasteiger partial charge in [-0.05, 0) is 142 Å². The molecule has 7 rings (SSSR count). The zero-order valence-corrected chi connectivity index (χ0v) is 38.0. The molecule has 0 bridgehead atoms. The lowest BCUT2D eigenvalue weighted by Crippen LogP contribution is -2.42. The standard InChI is InChI=1S/C54H73N3O7/c1-3-5-7-12-35-17-18-39(48(60)28-35)15-10-11-16-40-19-20-42(45-27-37(25-36-22-24-56-50(55)29-36)33-54(45,64)23-21-47(59)51(40)53(62)63)46-30-38(4-2)52(57-46)44-31-41(58)32-49(61)43(44)26-34-13-8-6-9-14-34/h6,8-9,13-14,17-18,22,24,29-32,35,37,39-40,42,45,47-48,51,57-61,64H,3-5,7,10-12,15-16,19-21,23,25-28,33H2,1-2H3,(H2,55,56)(H,62,63). The summed E-state index contributed by atoms with van der Waals surface area (Å²) in [7, 11) is 0. The maximum atomic E-state index is 13.2. The van der Waals surface area contributed by atoms with E-state index in [1.807, 2.05) is 42.5 Å². The summed E-state index contributed by atoms with van der Waals surface area (Å²) >= 11 is 0. The summed E-state index contributed by atoms with van der Waals surface area (Å²) in [5.74, 6) is -1.51. The van der Waals surface area contributed by atoms with Crippen molar-refractivity contribution in [2.75, 3.05) is 5.73 Å². The first-order valence-electron chi connectivity index (χ1n) is 24.4. The van der Waals surface area contributed by atoms with Gasteiger partial charge in [0.15, 0.2) is 0 Å². The molecule has 3 aliphatic rings. The fourth-order valence-corrected chi connectivity index (χ4v) is 12.0. The number of pyridine rings is 1. The van der Waals surface area contributed by atoms with Gasteiger partial charge in [-0.15, -0.1) is 0 Å². The van der Waals surface area contributed by atoms with Crippen LogP contribution < -0.4 is 5.73 Å². The van der Waals surface area contributed by atoms with Crippen LogP contribution in [0.5, 0.6) is 11.5 Å². The Morgan fingerprint density at radius 1 is 0.875 bits per heavy atom. The molecule has 3 aliphatic carbocycles. The number of nitrogens with one attached hydrogen (secondary N) is 1. The average Bonchev–Trinajstić information content (AvgIpc) is 3.84. The van der Waals surface area contributed by atoms with Crippen LogP contribution in [-0.4, -0.2) is 64.4 Å². The van der Waals surface area contributed by atoms with E-state index in [0.717, 1.165) is 72.2 Å². The summed E-state index contributed by atoms with van der Waals surface area (Å²) in [5, 5.41) is 68.6. The number of carbonyl (C=O) groups is 1. The van der Waals surface area contributed by atoms with E-state index in [2.05, 4.69) is 42.0 Å². The number of anilines is 1. The van der Waals surface area contributed by atoms with Crippen LogP contribution >= 0.6 is 0 Å². The molecular formula is C54H73N3O7. The van der Waals surface area contributed by atoms with Crippen LogP contribution in [0, 0.1) is 35.5 Å². The molecule has 4 aromatic rings. The largest absolute Gasteiger partial charge is 0.508 e. The monoisotopic (exact) mass is 876 g/mol. The number of H-pyrrole nitrogens is 1. The minimum absolute atomic E-state index is 0.0160. The highest BCUT2D eigenvalue weighted by Crippen LogP contribution is 2.54. The molecule has 2 aromatic heterocycles. The predicted octanol–water partition coefficient (Wildman–Crippen LogP) is 10.3. The number of aromatic nitrogens is 2. The molecule has 0 radical (unpaired) electrons. The number of nitrogen functional groups attached to an aromatic ring is 1. The van der Waals surface area contributed by atoms with Crippen molar-refractivity contribution < 1.29 is 35.4 Å². The van der Waals surface area contributed by atoms with Crippen molar-refractivity contribution >= 4 is 11.8 Å². The number of allylic oxidation sites excluding steroid dienone is 1. The number of aliphatic hydroxyl groups is 3. The minimum Gasteiger partial charge on any atom is -0.508 e. The number of nitrogens with zero attached hydrogens (tertiary/aromatic N) is 1. The van der Waals surface area contributed by atoms with Gasteiger partial charge in [-0.1, -0.05) is 88.4 Å². The fraction of sp³-hybridized carbons (Fsp3) is 0.556. The second kappa shape index (κ2) is 21.6. The van der Waals surface area contributed by atoms with Crippen LogP contribution in [0.1, 0.15) is 144 Å². The number of rotatable bonds is 17. The number of benzene rings is 2. The molecule has 2 fully saturated rings. The van der Waals surface area contributed by atoms with E-state index in [1.54, 1.807) is 12.3 Å². The number of phenolic OH excluding ortho intramolecular Hbond substituents is 2. The highest BCUT2D eigenvalue weighted by Gasteiger charge is 2.51. The highest BCUT2D eigenvalue weighted by molar-refractivity contribution is 5.73. The number of hydrogen-bond acceptors (Lipinski definition) is 8. The second-order valence-electron chi connectivity index (χ2n) is 19.7. The number of aromatic hydroxyl groups is 2. The Bertz CT molecular complexity index is 2170. The van der Waals surface area contributed by atoms with Gasteiger partial charge in [0.25, 0.3) is 0 Å². The van der Waals surface area contributed by atoms with Gasteiger partial charge in [0, 0.05) is 53.0 Å². The zero-order valence-electron chi connectivity index (χ0n) is 38.0. The summed E-state index contributed by atoms with van der Waals surface area (Å²) in [4.78, 5) is 21.2. The first-order chi connectivity index (χ1) is 30.8. The molecule has 2 aromatic carbocycles. The molecule has 10 heteroatoms. The van der Waals surface area contributed by atoms with Gasteiger partial charge in [-0.3, -0.25) is 4.79 Å². The molecule has 2 saturated carbocycles. The van der Waals surface area contributed by atoms with Gasteiger partial charge in [0.05, 0.1) is 23.7 Å². The van der Waals surface area contributed by atoms with E-state index < -0.39 is 23.6 Å². The lowest BCUT2D eigenvalue weighted by atomic mass is 9.69. The number of aromatic amines is 1. The van der Waals surface area contributed by atoms with Gasteiger partial charge in [-0.2, -0.15) is 0 Å². The summed E-state index contributed by atoms with van der Waals surface area (Å²) < 4.78 is 0. The van der Waals surface area contributed by atoms with Crippen molar-refractivity contribution in [3.05, 3.63) is 107 Å². The lowest BCUT2D eigenvalue weighted by molar-refractivity contribution is -0.150. The van der Waals surface area contributed by atoms with Gasteiger partial charge < -0.3 is 41.4 Å². The molecule has 10 unspecified atom stereocenters. The maximum absolute atomic E-state index is 13.2. The quantitative estimate of drug-likeness (QED) is 0.0376. The number of fused-ring (bicyclic) bond motifs is 1. The molecule has 0 saturated heterocycles. The molecule has 10 nitrogen and oxygen atoms in total. The van der Waals surface area contributed by atoms with Crippen molar-refractivity contribution in [3.8, 4) is 22.8 Å². The number of hydrogen-bond donors (Lipinski definition) is 8. The molecule has 64 heavy (non-hydrogen) atoms. The van der Waals surface area contributed by atoms with Gasteiger partial charge in [0.1, 0.15) is 17.3 Å². The van der Waals surface area contributed by atoms with Crippen LogP contribution in [0.4, 0.5) is 5.82 Å². The Labute approximate surface area is 380 Å². The maximum Gasteiger partial charge on any atom is 0.309 e. The third kappa shape index (κ3) is 11.4. The molecule has 0 aliphatic heterocycles. The number of aliphatic carboxylic acids is 1. The Morgan fingerprint density at radius 3 is 2.39 bits per heavy atom. The molecule has 0 amide bonds. The van der Waals surface area contributed by atoms with Crippen LogP contribution in [0.2, 0.25) is 0 Å². The SMILES string of the molecule is CCCCCC1C=CC(CCCCC2CCC(c3cc(CC)c(-c4cc(O)cc(O)c4Cc4ccccc4)[nH]3)C3CC(Cc4ccnc(N)c4)CC3(O)CCC(O)C2C(=O)O)C(O)C1. The number of unbranched alkanes of at least 4 members (excludes halogenated alkanes) is 3. The fourth-order valence-electron chi connectivity index (χ4n) is 12.0. The smallest absolute Gasteiger partial charge is 0.309 e. The number of nitrogens with two attached hydrogens (primary N) is 1. The zero-order chi connectivity index (χ0) is 45.4. The number of phenols is 2. The first kappa shape index (κ1) is 47.3. The summed E-state index contributed by atoms with van der Waals surface area (Å²) in [6, 6.07) is 19.1. The average molecular weight is 876 g/mol. The Balaban J connectivity index is 1.19. The summed E-state index contributed by atoms with van der Waals surface area (Å²) in [6.45, 7) is 4.30. The van der Waals surface area contributed by atoms with Crippen LogP contribution in [0.3, 0.4) is 0 Å². The van der Waals surface area contributed by atoms with Crippen molar-refractivity contribution in [3.63, 3.8) is 0 Å². The van der Waals surface area contributed by atoms with Crippen molar-refractivity contribution in [1.29, 1.82) is 0 Å². The molecular weight excluding hydrogens is 803 g/mol. The second-order valence-corrected chi connectivity index (χ2v) is 19.7. The van der Waals surface area contributed by atoms with Gasteiger partial charge in [-0.25, -0.2) is 4.98 Å². The molecule has 9 N–H and O–H groups in total. The number of aliphatic hydroxyl groups excluding tert-OH is 2. The van der Waals surface area contributed by atoms with Crippen LogP contribution in [-0.2, 0) is 24.1 Å². The highest BCUT2D eigenvalue weighted by atomic mass is 16.4.